The summed E-state index contributed by atoms with van der Waals surface area (Å²) in [7, 11) is 1.55. The number of nitrogens with one attached hydrogen (secondary N) is 1. The van der Waals surface area contributed by atoms with Crippen molar-refractivity contribution in [1.82, 2.24) is 0 Å². The number of aromatic carboxylic acids is 1. The van der Waals surface area contributed by atoms with Crippen LogP contribution in [0.5, 0.6) is 11.5 Å². The van der Waals surface area contributed by atoms with Crippen LogP contribution in [0.15, 0.2) is 42.5 Å². The second-order valence-corrected chi connectivity index (χ2v) is 8.47. The Kier molecular flexibility index (Phi) is 6.14. The van der Waals surface area contributed by atoms with Crippen LogP contribution in [0.25, 0.3) is 11.1 Å². The van der Waals surface area contributed by atoms with Crippen LogP contribution in [0.2, 0.25) is 0 Å². The molecule has 2 N–H and O–H groups in total. The fourth-order valence-corrected chi connectivity index (χ4v) is 5.08. The molecule has 1 aliphatic heterocycles. The van der Waals surface area contributed by atoms with Crippen molar-refractivity contribution in [2.75, 3.05) is 19.0 Å². The number of anilines is 1. The average molecular weight is 456 g/mol. The standard InChI is InChI=1S/C24H22FNO5S/c1-3-10-31-17-9-6-14(11-18(17)30-2)16-12-19(27)26-21-20(13-4-7-15(25)8-5-13)23(24(28)29)32-22(16)21/h4-9,11,16H,3,10,12H2,1-2H3,(H,26,27)(H,28,29)/t16-/m0/s1. The van der Waals surface area contributed by atoms with Gasteiger partial charge >= 0.3 is 5.97 Å². The molecule has 6 nitrogen and oxygen atoms in total. The van der Waals surface area contributed by atoms with Gasteiger partial charge in [0.1, 0.15) is 10.7 Å². The van der Waals surface area contributed by atoms with Gasteiger partial charge in [0.25, 0.3) is 0 Å². The van der Waals surface area contributed by atoms with Crippen molar-refractivity contribution in [1.29, 1.82) is 0 Å². The van der Waals surface area contributed by atoms with Crippen LogP contribution in [0, 0.1) is 5.82 Å². The summed E-state index contributed by atoms with van der Waals surface area (Å²) >= 11 is 1.13. The lowest BCUT2D eigenvalue weighted by atomic mass is 9.88. The minimum Gasteiger partial charge on any atom is -0.493 e. The average Bonchev–Trinajstić information content (AvgIpc) is 3.17. The minimum atomic E-state index is -1.10. The molecule has 1 aromatic heterocycles. The van der Waals surface area contributed by atoms with Crippen molar-refractivity contribution in [2.24, 2.45) is 0 Å². The first-order valence-corrected chi connectivity index (χ1v) is 11.0. The third kappa shape index (κ3) is 4.05. The number of methoxy groups -OCH3 is 1. The third-order valence-corrected chi connectivity index (χ3v) is 6.58. The second kappa shape index (κ2) is 9.00. The highest BCUT2D eigenvalue weighted by Crippen LogP contribution is 2.50. The SMILES string of the molecule is CCCOc1ccc([C@@H]2CC(=O)Nc3c2sc(C(=O)O)c3-c2ccc(F)cc2)cc1OC. The number of hydrogen-bond donors (Lipinski definition) is 2. The molecule has 166 valence electrons. The van der Waals surface area contributed by atoms with Crippen LogP contribution < -0.4 is 14.8 Å². The van der Waals surface area contributed by atoms with E-state index in [2.05, 4.69) is 5.32 Å². The van der Waals surface area contributed by atoms with Crippen LogP contribution in [0.4, 0.5) is 10.1 Å². The van der Waals surface area contributed by atoms with Crippen LogP contribution in [-0.4, -0.2) is 30.7 Å². The number of thiophene rings is 1. The van der Waals surface area contributed by atoms with E-state index in [1.807, 2.05) is 25.1 Å². The number of fused-ring (bicyclic) bond motifs is 1. The Hall–Kier alpha value is -3.39. The summed E-state index contributed by atoms with van der Waals surface area (Å²) in [6.45, 7) is 2.57. The number of hydrogen-bond acceptors (Lipinski definition) is 5. The zero-order valence-electron chi connectivity index (χ0n) is 17.6. The predicted molar refractivity (Wildman–Crippen MR) is 121 cm³/mol. The Morgan fingerprint density at radius 1 is 1.22 bits per heavy atom. The molecule has 8 heteroatoms. The van der Waals surface area contributed by atoms with E-state index < -0.39 is 11.8 Å². The Bertz CT molecular complexity index is 1170. The maximum absolute atomic E-state index is 13.4. The van der Waals surface area contributed by atoms with Gasteiger partial charge in [0.15, 0.2) is 11.5 Å². The number of carbonyl (C=O) groups excluding carboxylic acids is 1. The smallest absolute Gasteiger partial charge is 0.346 e. The van der Waals surface area contributed by atoms with Crippen molar-refractivity contribution < 1.29 is 28.6 Å². The molecule has 32 heavy (non-hydrogen) atoms. The van der Waals surface area contributed by atoms with E-state index in [-0.39, 0.29) is 23.1 Å². The maximum atomic E-state index is 13.4. The second-order valence-electron chi connectivity index (χ2n) is 7.42. The van der Waals surface area contributed by atoms with Crippen molar-refractivity contribution in [3.63, 3.8) is 0 Å². The van der Waals surface area contributed by atoms with Gasteiger partial charge in [0.05, 0.1) is 19.4 Å². The Morgan fingerprint density at radius 2 is 1.97 bits per heavy atom. The molecule has 2 aromatic carbocycles. The molecule has 1 atom stereocenters. The molecule has 2 heterocycles. The van der Waals surface area contributed by atoms with Crippen LogP contribution >= 0.6 is 11.3 Å². The molecule has 0 spiro atoms. The number of benzene rings is 2. The summed E-state index contributed by atoms with van der Waals surface area (Å²) in [5, 5.41) is 12.7. The molecule has 1 aliphatic rings. The van der Waals surface area contributed by atoms with Crippen LogP contribution in [0.1, 0.15) is 45.8 Å². The summed E-state index contributed by atoms with van der Waals surface area (Å²) < 4.78 is 24.7. The van der Waals surface area contributed by atoms with Crippen molar-refractivity contribution >= 4 is 28.9 Å². The maximum Gasteiger partial charge on any atom is 0.346 e. The molecule has 0 bridgehead atoms. The summed E-state index contributed by atoms with van der Waals surface area (Å²) in [5.41, 5.74) is 2.21. The lowest BCUT2D eigenvalue weighted by Crippen LogP contribution is -2.22. The van der Waals surface area contributed by atoms with Crippen LogP contribution in [-0.2, 0) is 4.79 Å². The molecule has 0 aliphatic carbocycles. The Morgan fingerprint density at radius 3 is 2.62 bits per heavy atom. The molecule has 0 fully saturated rings. The number of carboxylic acids is 1. The van der Waals surface area contributed by atoms with Crippen molar-refractivity contribution in [3.8, 4) is 22.6 Å². The zero-order valence-corrected chi connectivity index (χ0v) is 18.4. The summed E-state index contributed by atoms with van der Waals surface area (Å²) in [4.78, 5) is 25.5. The first-order valence-electron chi connectivity index (χ1n) is 10.2. The minimum absolute atomic E-state index is 0.101. The molecule has 4 rings (SSSR count). The molecule has 0 saturated carbocycles. The molecule has 0 unspecified atom stereocenters. The molecule has 1 amide bonds. The van der Waals surface area contributed by atoms with Gasteiger partial charge in [-0.2, -0.15) is 0 Å². The van der Waals surface area contributed by atoms with E-state index in [4.69, 9.17) is 9.47 Å². The Labute approximate surface area is 188 Å². The van der Waals surface area contributed by atoms with Gasteiger partial charge in [-0.25, -0.2) is 9.18 Å². The number of carboxylic acid groups (broad SMARTS) is 1. The van der Waals surface area contributed by atoms with Gasteiger partial charge in [0, 0.05) is 22.8 Å². The predicted octanol–water partition coefficient (Wildman–Crippen LogP) is 5.52. The van der Waals surface area contributed by atoms with E-state index in [0.717, 1.165) is 28.2 Å². The number of ether oxygens (including phenoxy) is 2. The summed E-state index contributed by atoms with van der Waals surface area (Å²) in [6.07, 6.45) is 1.03. The lowest BCUT2D eigenvalue weighted by Gasteiger charge is -2.24. The zero-order chi connectivity index (χ0) is 22.8. The fourth-order valence-electron chi connectivity index (χ4n) is 3.83. The van der Waals surface area contributed by atoms with Crippen molar-refractivity contribution in [2.45, 2.75) is 25.7 Å². The van der Waals surface area contributed by atoms with Gasteiger partial charge in [0.2, 0.25) is 5.91 Å². The number of halogens is 1. The van der Waals surface area contributed by atoms with Gasteiger partial charge in [-0.3, -0.25) is 4.79 Å². The molecular weight excluding hydrogens is 433 g/mol. The third-order valence-electron chi connectivity index (χ3n) is 5.28. The Balaban J connectivity index is 1.83. The topological polar surface area (TPSA) is 84.9 Å². The van der Waals surface area contributed by atoms with Gasteiger partial charge in [-0.15, -0.1) is 11.3 Å². The highest BCUT2D eigenvalue weighted by Gasteiger charge is 2.34. The van der Waals surface area contributed by atoms with Gasteiger partial charge < -0.3 is 19.9 Å². The first kappa shape index (κ1) is 21.8. The van der Waals surface area contributed by atoms with E-state index in [0.29, 0.717) is 34.9 Å². The molecule has 0 radical (unpaired) electrons. The largest absolute Gasteiger partial charge is 0.493 e. The lowest BCUT2D eigenvalue weighted by molar-refractivity contribution is -0.116. The fraction of sp³-hybridized carbons (Fsp3) is 0.250. The molecule has 3 aromatic rings. The van der Waals surface area contributed by atoms with E-state index >= 15 is 0 Å². The van der Waals surface area contributed by atoms with Gasteiger partial charge in [-0.05, 0) is 41.8 Å². The monoisotopic (exact) mass is 455 g/mol. The number of rotatable bonds is 7. The summed E-state index contributed by atoms with van der Waals surface area (Å²) in [6, 6.07) is 11.1. The normalized spacial score (nSPS) is 15.1. The van der Waals surface area contributed by atoms with E-state index in [1.165, 1.54) is 24.3 Å². The molecule has 0 saturated heterocycles. The van der Waals surface area contributed by atoms with Gasteiger partial charge in [-0.1, -0.05) is 25.1 Å². The molecular formula is C24H22FNO5S. The van der Waals surface area contributed by atoms with Crippen LogP contribution in [0.3, 0.4) is 0 Å². The first-order chi connectivity index (χ1) is 15.4. The highest BCUT2D eigenvalue weighted by atomic mass is 32.1. The highest BCUT2D eigenvalue weighted by molar-refractivity contribution is 7.15. The van der Waals surface area contributed by atoms with E-state index in [1.54, 1.807) is 7.11 Å². The van der Waals surface area contributed by atoms with Crippen molar-refractivity contribution in [3.05, 3.63) is 63.6 Å². The number of amides is 1. The van der Waals surface area contributed by atoms with E-state index in [9.17, 15) is 19.1 Å². The summed E-state index contributed by atoms with van der Waals surface area (Å²) in [5.74, 6) is -0.914. The quantitative estimate of drug-likeness (QED) is 0.490. The number of carbonyl (C=O) groups is 2.